The van der Waals surface area contributed by atoms with Crippen LogP contribution in [0.15, 0.2) is 78.0 Å². The minimum Gasteiger partial charge on any atom is -0.388 e. The van der Waals surface area contributed by atoms with Crippen molar-refractivity contribution < 1.29 is 9.90 Å². The summed E-state index contributed by atoms with van der Waals surface area (Å²) in [5.74, 6) is -0.118. The molecule has 0 saturated heterocycles. The second-order valence-electron chi connectivity index (χ2n) is 9.79. The number of rotatable bonds is 7. The van der Waals surface area contributed by atoms with Crippen molar-refractivity contribution in [3.8, 4) is 5.69 Å². The summed E-state index contributed by atoms with van der Waals surface area (Å²) in [6, 6.07) is 15.5. The van der Waals surface area contributed by atoms with Gasteiger partial charge in [-0.2, -0.15) is 5.10 Å². The number of hydrogen-bond acceptors (Lipinski definition) is 8. The van der Waals surface area contributed by atoms with Gasteiger partial charge in [-0.3, -0.25) is 19.3 Å². The van der Waals surface area contributed by atoms with Gasteiger partial charge in [0.15, 0.2) is 11.5 Å². The summed E-state index contributed by atoms with van der Waals surface area (Å²) >= 11 is 0. The molecular weight excluding hydrogens is 522 g/mol. The lowest BCUT2D eigenvalue weighted by Gasteiger charge is -2.20. The van der Waals surface area contributed by atoms with Crippen molar-refractivity contribution in [2.24, 2.45) is 0 Å². The number of nitrogens with one attached hydrogen (secondary N) is 2. The second kappa shape index (κ2) is 10.3. The maximum atomic E-state index is 14.2. The largest absolute Gasteiger partial charge is 0.388 e. The number of carbonyl (C=O) groups excluding carboxylic acids is 1. The molecule has 0 radical (unpaired) electrons. The lowest BCUT2D eigenvalue weighted by Crippen LogP contribution is -2.33. The van der Waals surface area contributed by atoms with Crippen LogP contribution in [-0.2, 0) is 6.42 Å². The van der Waals surface area contributed by atoms with Crippen LogP contribution in [0.4, 0.5) is 5.82 Å². The van der Waals surface area contributed by atoms with E-state index < -0.39 is 18.1 Å². The number of benzene rings is 2. The van der Waals surface area contributed by atoms with Crippen LogP contribution in [0.5, 0.6) is 0 Å². The van der Waals surface area contributed by atoms with E-state index in [2.05, 4.69) is 25.6 Å². The first-order chi connectivity index (χ1) is 19.8. The molecule has 0 spiro atoms. The molecule has 0 fully saturated rings. The Balaban J connectivity index is 1.45. The standard InChI is InChI=1S/C29H27N9O3/c1-16-11-12-31-27-24(25(30)36-38(16)27)28(40)34-17(2)26-35-21-10-6-7-18(13-22(39)19-14-32-33-15-19)23(21)29(41)37(26)20-8-4-3-5-9-20/h3-12,14-15,17,22,39H,13H2,1-2H3,(H2,30,36)(H,32,33)(H,34,40). The van der Waals surface area contributed by atoms with Gasteiger partial charge < -0.3 is 16.2 Å². The smallest absolute Gasteiger partial charge is 0.266 e. The number of aryl methyl sites for hydroxylation is 1. The number of H-pyrrole nitrogens is 1. The number of aromatic amines is 1. The summed E-state index contributed by atoms with van der Waals surface area (Å²) in [6.07, 6.45) is 4.08. The topological polar surface area (TPSA) is 169 Å². The van der Waals surface area contributed by atoms with Crippen LogP contribution in [0.3, 0.4) is 0 Å². The zero-order valence-electron chi connectivity index (χ0n) is 22.3. The van der Waals surface area contributed by atoms with Crippen molar-refractivity contribution in [2.75, 3.05) is 5.73 Å². The van der Waals surface area contributed by atoms with Gasteiger partial charge in [0.05, 0.1) is 34.9 Å². The molecule has 2 aromatic carbocycles. The van der Waals surface area contributed by atoms with Crippen LogP contribution in [0.25, 0.3) is 22.2 Å². The normalized spacial score (nSPS) is 13.0. The average Bonchev–Trinajstić information content (AvgIpc) is 3.62. The van der Waals surface area contributed by atoms with Gasteiger partial charge in [-0.1, -0.05) is 30.3 Å². The maximum absolute atomic E-state index is 14.2. The van der Waals surface area contributed by atoms with Crippen LogP contribution in [-0.4, -0.2) is 45.4 Å². The van der Waals surface area contributed by atoms with E-state index in [-0.39, 0.29) is 23.4 Å². The Bertz CT molecular complexity index is 1950. The van der Waals surface area contributed by atoms with Crippen LogP contribution in [0, 0.1) is 6.92 Å². The molecule has 5 N–H and O–H groups in total. The van der Waals surface area contributed by atoms with E-state index in [1.54, 1.807) is 61.9 Å². The number of nitrogens with zero attached hydrogens (tertiary/aromatic N) is 6. The molecule has 0 saturated carbocycles. The SMILES string of the molecule is Cc1ccnc2c(C(=O)NC(C)c3nc4cccc(CC(O)c5cn[nH]c5)c4c(=O)n3-c3ccccc3)c(N)nn12. The zero-order valence-corrected chi connectivity index (χ0v) is 22.3. The molecule has 2 atom stereocenters. The number of aliphatic hydroxyl groups excluding tert-OH is 1. The van der Waals surface area contributed by atoms with E-state index in [0.717, 1.165) is 5.69 Å². The van der Waals surface area contributed by atoms with Gasteiger partial charge in [-0.15, -0.1) is 5.10 Å². The highest BCUT2D eigenvalue weighted by Crippen LogP contribution is 2.25. The van der Waals surface area contributed by atoms with Crippen molar-refractivity contribution in [1.82, 2.24) is 39.7 Å². The third-order valence-corrected chi connectivity index (χ3v) is 7.04. The molecule has 0 bridgehead atoms. The minimum absolute atomic E-state index is 0.0456. The van der Waals surface area contributed by atoms with E-state index in [0.29, 0.717) is 39.2 Å². The third kappa shape index (κ3) is 4.59. The fourth-order valence-corrected chi connectivity index (χ4v) is 5.00. The highest BCUT2D eigenvalue weighted by molar-refractivity contribution is 6.04. The first kappa shape index (κ1) is 25.9. The number of amides is 1. The molecule has 0 aliphatic carbocycles. The summed E-state index contributed by atoms with van der Waals surface area (Å²) in [5, 5.41) is 25.0. The molecule has 4 aromatic heterocycles. The van der Waals surface area contributed by atoms with E-state index in [9.17, 15) is 14.7 Å². The lowest BCUT2D eigenvalue weighted by atomic mass is 10.00. The Kier molecular flexibility index (Phi) is 6.52. The molecular formula is C29H27N9O3. The molecule has 41 heavy (non-hydrogen) atoms. The molecule has 12 nitrogen and oxygen atoms in total. The average molecular weight is 550 g/mol. The second-order valence-corrected chi connectivity index (χ2v) is 9.79. The number of nitrogens with two attached hydrogens (primary N) is 1. The van der Waals surface area contributed by atoms with Gasteiger partial charge in [0, 0.05) is 30.1 Å². The van der Waals surface area contributed by atoms with E-state index in [1.165, 1.54) is 9.08 Å². The van der Waals surface area contributed by atoms with Crippen LogP contribution in [0.2, 0.25) is 0 Å². The number of fused-ring (bicyclic) bond motifs is 2. The number of anilines is 1. The van der Waals surface area contributed by atoms with Crippen molar-refractivity contribution in [1.29, 1.82) is 0 Å². The summed E-state index contributed by atoms with van der Waals surface area (Å²) < 4.78 is 3.01. The quantitative estimate of drug-likeness (QED) is 0.236. The zero-order chi connectivity index (χ0) is 28.7. The summed E-state index contributed by atoms with van der Waals surface area (Å²) in [4.78, 5) is 36.8. The predicted octanol–water partition coefficient (Wildman–Crippen LogP) is 2.81. The highest BCUT2D eigenvalue weighted by Gasteiger charge is 2.25. The monoisotopic (exact) mass is 549 g/mol. The molecule has 0 aliphatic rings. The van der Waals surface area contributed by atoms with Crippen molar-refractivity contribution >= 4 is 28.3 Å². The molecule has 6 aromatic rings. The minimum atomic E-state index is -0.865. The first-order valence-corrected chi connectivity index (χ1v) is 13.0. The molecule has 4 heterocycles. The molecule has 12 heteroatoms. The number of carbonyl (C=O) groups is 1. The van der Waals surface area contributed by atoms with Gasteiger partial charge >= 0.3 is 0 Å². The van der Waals surface area contributed by atoms with Crippen LogP contribution in [0.1, 0.15) is 52.1 Å². The van der Waals surface area contributed by atoms with Gasteiger partial charge in [0.1, 0.15) is 11.4 Å². The molecule has 6 rings (SSSR count). The van der Waals surface area contributed by atoms with Crippen molar-refractivity contribution in [2.45, 2.75) is 32.4 Å². The summed E-state index contributed by atoms with van der Waals surface area (Å²) in [5.41, 5.74) is 9.34. The fourth-order valence-electron chi connectivity index (χ4n) is 5.00. The van der Waals surface area contributed by atoms with Gasteiger partial charge in [0.2, 0.25) is 0 Å². The number of nitrogen functional groups attached to an aromatic ring is 1. The van der Waals surface area contributed by atoms with Gasteiger partial charge in [-0.05, 0) is 43.7 Å². The third-order valence-electron chi connectivity index (χ3n) is 7.04. The number of hydrogen-bond donors (Lipinski definition) is 4. The van der Waals surface area contributed by atoms with Gasteiger partial charge in [-0.25, -0.2) is 14.5 Å². The molecule has 2 unspecified atom stereocenters. The number of para-hydroxylation sites is 1. The summed E-state index contributed by atoms with van der Waals surface area (Å²) in [6.45, 7) is 3.59. The number of aliphatic hydroxyl groups is 1. The van der Waals surface area contributed by atoms with Crippen LogP contribution < -0.4 is 16.6 Å². The molecule has 0 aliphatic heterocycles. The highest BCUT2D eigenvalue weighted by atomic mass is 16.3. The lowest BCUT2D eigenvalue weighted by molar-refractivity contribution is 0.0940. The van der Waals surface area contributed by atoms with Crippen molar-refractivity contribution in [3.05, 3.63) is 112 Å². The van der Waals surface area contributed by atoms with Gasteiger partial charge in [0.25, 0.3) is 11.5 Å². The maximum Gasteiger partial charge on any atom is 0.266 e. The predicted molar refractivity (Wildman–Crippen MR) is 153 cm³/mol. The Labute approximate surface area is 233 Å². The Morgan fingerprint density at radius 2 is 1.95 bits per heavy atom. The van der Waals surface area contributed by atoms with Crippen molar-refractivity contribution in [3.63, 3.8) is 0 Å². The van der Waals surface area contributed by atoms with E-state index in [4.69, 9.17) is 10.7 Å². The number of aromatic nitrogens is 7. The molecule has 1 amide bonds. The van der Waals surface area contributed by atoms with E-state index in [1.807, 2.05) is 25.1 Å². The molecule has 206 valence electrons. The van der Waals surface area contributed by atoms with E-state index >= 15 is 0 Å². The fraction of sp³-hybridized carbons (Fsp3) is 0.172. The Morgan fingerprint density at radius 3 is 2.71 bits per heavy atom. The Hall–Kier alpha value is -5.36. The first-order valence-electron chi connectivity index (χ1n) is 13.0. The van der Waals surface area contributed by atoms with Crippen LogP contribution >= 0.6 is 0 Å². The Morgan fingerprint density at radius 1 is 1.15 bits per heavy atom. The summed E-state index contributed by atoms with van der Waals surface area (Å²) in [7, 11) is 0.